The number of esters is 1. The number of aryl methyl sites for hydroxylation is 1. The average molecular weight is 442 g/mol. The third kappa shape index (κ3) is 4.02. The molecule has 3 rings (SSSR count). The summed E-state index contributed by atoms with van der Waals surface area (Å²) in [5.74, 6) is 3.26. The smallest absolute Gasteiger partial charge is 0.433 e. The zero-order chi connectivity index (χ0) is 22.9. The van der Waals surface area contributed by atoms with Crippen LogP contribution in [0.3, 0.4) is 0 Å². The Hall–Kier alpha value is -3.27. The van der Waals surface area contributed by atoms with Crippen LogP contribution in [0.1, 0.15) is 13.8 Å². The first kappa shape index (κ1) is 22.4. The van der Waals surface area contributed by atoms with Crippen molar-refractivity contribution in [1.82, 2.24) is 24.0 Å². The summed E-state index contributed by atoms with van der Waals surface area (Å²) in [4.78, 5) is 42.6. The zero-order valence-electron chi connectivity index (χ0n) is 17.1. The van der Waals surface area contributed by atoms with Gasteiger partial charge in [-0.3, -0.25) is 18.5 Å². The van der Waals surface area contributed by atoms with Crippen molar-refractivity contribution in [2.75, 3.05) is 24.5 Å². The number of ether oxygens (including phenoxy) is 1. The van der Waals surface area contributed by atoms with Crippen molar-refractivity contribution in [1.29, 1.82) is 0 Å². The lowest BCUT2D eigenvalue weighted by Gasteiger charge is -2.36. The lowest BCUT2D eigenvalue weighted by molar-refractivity contribution is -0.205. The van der Waals surface area contributed by atoms with E-state index in [2.05, 4.69) is 26.9 Å². The van der Waals surface area contributed by atoms with Crippen LogP contribution in [-0.4, -0.2) is 56.7 Å². The number of nitrogens with zero attached hydrogens (tertiary/aromatic N) is 5. The molecule has 1 aliphatic rings. The minimum Gasteiger partial charge on any atom is -0.433 e. The van der Waals surface area contributed by atoms with Crippen LogP contribution >= 0.6 is 0 Å². The van der Waals surface area contributed by atoms with Crippen LogP contribution in [0.2, 0.25) is 0 Å². The van der Waals surface area contributed by atoms with E-state index in [1.54, 1.807) is 13.8 Å². The molecule has 1 N–H and O–H groups in total. The summed E-state index contributed by atoms with van der Waals surface area (Å²) in [5, 5.41) is 2.87. The van der Waals surface area contributed by atoms with Gasteiger partial charge in [-0.15, -0.1) is 5.92 Å². The Morgan fingerprint density at radius 3 is 2.65 bits per heavy atom. The number of carbonyl (C=O) groups is 1. The molecule has 1 fully saturated rings. The summed E-state index contributed by atoms with van der Waals surface area (Å²) in [5.41, 5.74) is -1.01. The van der Waals surface area contributed by atoms with Gasteiger partial charge >= 0.3 is 17.8 Å². The van der Waals surface area contributed by atoms with Crippen molar-refractivity contribution in [3.63, 3.8) is 0 Å². The van der Waals surface area contributed by atoms with Gasteiger partial charge in [0, 0.05) is 26.7 Å². The molecule has 0 spiro atoms. The van der Waals surface area contributed by atoms with Crippen molar-refractivity contribution >= 4 is 23.1 Å². The summed E-state index contributed by atoms with van der Waals surface area (Å²) in [6.45, 7) is 3.81. The number of alkyl halides is 3. The summed E-state index contributed by atoms with van der Waals surface area (Å²) >= 11 is 0. The van der Waals surface area contributed by atoms with Crippen molar-refractivity contribution < 1.29 is 22.7 Å². The lowest BCUT2D eigenvalue weighted by atomic mass is 10.3. The van der Waals surface area contributed by atoms with Gasteiger partial charge in [0.2, 0.25) is 5.95 Å². The monoisotopic (exact) mass is 442 g/mol. The highest BCUT2D eigenvalue weighted by Crippen LogP contribution is 2.25. The molecule has 0 bridgehead atoms. The number of carbonyl (C=O) groups excluding carboxylic acids is 1. The second-order valence-electron chi connectivity index (χ2n) is 6.74. The number of imidazole rings is 1. The molecule has 1 unspecified atom stereocenters. The predicted octanol–water partition coefficient (Wildman–Crippen LogP) is -0.219. The fourth-order valence-corrected chi connectivity index (χ4v) is 3.37. The number of rotatable bonds is 4. The highest BCUT2D eigenvalue weighted by Gasteiger charge is 2.44. The summed E-state index contributed by atoms with van der Waals surface area (Å²) in [7, 11) is 1.45. The topological polar surface area (TPSA) is 103 Å². The highest BCUT2D eigenvalue weighted by atomic mass is 19.4. The molecule has 13 heteroatoms. The van der Waals surface area contributed by atoms with Gasteiger partial charge in [-0.05, 0) is 13.8 Å². The van der Waals surface area contributed by atoms with E-state index in [-0.39, 0.29) is 43.3 Å². The molecule has 10 nitrogen and oxygen atoms in total. The third-order valence-electron chi connectivity index (χ3n) is 4.87. The van der Waals surface area contributed by atoms with Gasteiger partial charge in [0.1, 0.15) is 0 Å². The van der Waals surface area contributed by atoms with Gasteiger partial charge in [-0.1, -0.05) is 5.92 Å². The Labute approximate surface area is 174 Å². The lowest BCUT2D eigenvalue weighted by Crippen LogP contribution is -2.55. The molecule has 0 radical (unpaired) electrons. The maximum absolute atomic E-state index is 13.0. The standard InChI is InChI=1S/C18H21F3N6O4/c1-4-6-8-27-12-13(24(3)17(30)25(5-2)14(12)28)23-16(27)26-9-7-22-10-11(26)31-15(29)18(19,20)21/h11,22H,5,7-10H2,1-3H3. The number of anilines is 1. The molecular weight excluding hydrogens is 421 g/mol. The number of aromatic nitrogens is 4. The van der Waals surface area contributed by atoms with Crippen LogP contribution in [0.25, 0.3) is 11.2 Å². The predicted molar refractivity (Wildman–Crippen MR) is 105 cm³/mol. The first-order valence-corrected chi connectivity index (χ1v) is 9.46. The largest absolute Gasteiger partial charge is 0.491 e. The average Bonchev–Trinajstić information content (AvgIpc) is 3.10. The molecule has 1 aliphatic heterocycles. The maximum Gasteiger partial charge on any atom is 0.491 e. The van der Waals surface area contributed by atoms with E-state index in [4.69, 9.17) is 0 Å². The second-order valence-corrected chi connectivity index (χ2v) is 6.74. The Kier molecular flexibility index (Phi) is 6.12. The first-order valence-electron chi connectivity index (χ1n) is 9.46. The molecule has 2 aromatic rings. The van der Waals surface area contributed by atoms with Crippen LogP contribution < -0.4 is 21.5 Å². The fraction of sp³-hybridized carbons (Fsp3) is 0.556. The number of fused-ring (bicyclic) bond motifs is 1. The Bertz CT molecular complexity index is 1180. The highest BCUT2D eigenvalue weighted by molar-refractivity contribution is 5.77. The van der Waals surface area contributed by atoms with Gasteiger partial charge in [-0.25, -0.2) is 9.59 Å². The molecule has 0 aliphatic carbocycles. The minimum absolute atomic E-state index is 0.00333. The number of hydrogen-bond acceptors (Lipinski definition) is 7. The van der Waals surface area contributed by atoms with E-state index in [0.29, 0.717) is 6.54 Å². The van der Waals surface area contributed by atoms with Crippen LogP contribution in [-0.2, 0) is 29.7 Å². The molecule has 168 valence electrons. The summed E-state index contributed by atoms with van der Waals surface area (Å²) in [6.07, 6.45) is -6.48. The Balaban J connectivity index is 2.21. The molecule has 2 aromatic heterocycles. The van der Waals surface area contributed by atoms with E-state index in [1.165, 1.54) is 21.1 Å². The van der Waals surface area contributed by atoms with Gasteiger partial charge in [0.15, 0.2) is 17.4 Å². The van der Waals surface area contributed by atoms with Crippen LogP contribution in [0.4, 0.5) is 19.1 Å². The van der Waals surface area contributed by atoms with E-state index >= 15 is 0 Å². The Morgan fingerprint density at radius 1 is 1.32 bits per heavy atom. The van der Waals surface area contributed by atoms with Crippen molar-refractivity contribution in [2.45, 2.75) is 39.3 Å². The third-order valence-corrected chi connectivity index (χ3v) is 4.87. The minimum atomic E-state index is -5.16. The van der Waals surface area contributed by atoms with Gasteiger partial charge in [-0.2, -0.15) is 18.2 Å². The number of hydrogen-bond donors (Lipinski definition) is 1. The van der Waals surface area contributed by atoms with Crippen LogP contribution in [0.5, 0.6) is 0 Å². The zero-order valence-corrected chi connectivity index (χ0v) is 17.1. The fourth-order valence-electron chi connectivity index (χ4n) is 3.37. The van der Waals surface area contributed by atoms with E-state index < -0.39 is 29.6 Å². The molecule has 31 heavy (non-hydrogen) atoms. The normalized spacial score (nSPS) is 16.8. The van der Waals surface area contributed by atoms with Crippen molar-refractivity contribution in [3.8, 4) is 11.8 Å². The Morgan fingerprint density at radius 2 is 2.03 bits per heavy atom. The first-order chi connectivity index (χ1) is 14.6. The van der Waals surface area contributed by atoms with Crippen molar-refractivity contribution in [2.24, 2.45) is 7.05 Å². The molecule has 0 aromatic carbocycles. The van der Waals surface area contributed by atoms with Crippen LogP contribution in [0.15, 0.2) is 9.59 Å². The van der Waals surface area contributed by atoms with Gasteiger partial charge in [0.05, 0.1) is 13.1 Å². The quantitative estimate of drug-likeness (QED) is 0.516. The van der Waals surface area contributed by atoms with E-state index in [0.717, 1.165) is 4.57 Å². The SMILES string of the molecule is CC#CCn1c(N2CCNCC2OC(=O)C(F)(F)F)nc2c1c(=O)n(CC)c(=O)n2C. The van der Waals surface area contributed by atoms with Crippen molar-refractivity contribution in [3.05, 3.63) is 20.8 Å². The number of halogens is 3. The number of piperazine rings is 1. The number of nitrogens with one attached hydrogen (secondary N) is 1. The molecule has 1 saturated heterocycles. The van der Waals surface area contributed by atoms with Gasteiger partial charge in [0.25, 0.3) is 5.56 Å². The molecule has 1 atom stereocenters. The van der Waals surface area contributed by atoms with Crippen LogP contribution in [0, 0.1) is 11.8 Å². The molecule has 0 saturated carbocycles. The molecule has 3 heterocycles. The van der Waals surface area contributed by atoms with E-state index in [9.17, 15) is 27.6 Å². The maximum atomic E-state index is 13.0. The summed E-state index contributed by atoms with van der Waals surface area (Å²) < 4.78 is 46.6. The molecular formula is C18H21F3N6O4. The summed E-state index contributed by atoms with van der Waals surface area (Å²) in [6, 6.07) is 0. The van der Waals surface area contributed by atoms with E-state index in [1.807, 2.05) is 0 Å². The van der Waals surface area contributed by atoms with Gasteiger partial charge < -0.3 is 15.0 Å². The molecule has 0 amide bonds. The second kappa shape index (κ2) is 8.46.